The van der Waals surface area contributed by atoms with Crippen molar-refractivity contribution in [2.24, 2.45) is 13.0 Å². The topological polar surface area (TPSA) is 77.1 Å². The molecule has 0 bridgehead atoms. The first kappa shape index (κ1) is 15.1. The van der Waals surface area contributed by atoms with Crippen molar-refractivity contribution in [3.05, 3.63) is 29.7 Å². The van der Waals surface area contributed by atoms with E-state index in [1.54, 1.807) is 10.9 Å². The number of likely N-dealkylation sites (tertiary alicyclic amines) is 1. The lowest BCUT2D eigenvalue weighted by atomic mass is 9.80. The van der Waals surface area contributed by atoms with Crippen LogP contribution in [-0.2, 0) is 23.7 Å². The number of nitrogens with zero attached hydrogens (tertiary/aromatic N) is 5. The normalized spacial score (nSPS) is 28.5. The monoisotopic (exact) mass is 341 g/mol. The number of fused-ring (bicyclic) bond motifs is 1. The van der Waals surface area contributed by atoms with Crippen LogP contribution in [-0.4, -0.2) is 43.9 Å². The molecule has 0 unspecified atom stereocenters. The molecule has 3 aliphatic rings. The highest BCUT2D eigenvalue weighted by molar-refractivity contribution is 5.79. The first-order chi connectivity index (χ1) is 12.2. The minimum atomic E-state index is -0.123. The molecule has 0 aromatic carbocycles. The average Bonchev–Trinajstić information content (AvgIpc) is 2.94. The largest absolute Gasteiger partial charge is 0.424 e. The summed E-state index contributed by atoms with van der Waals surface area (Å²) in [6, 6.07) is 1.91. The van der Waals surface area contributed by atoms with E-state index in [0.29, 0.717) is 24.8 Å². The molecular weight excluding hydrogens is 318 g/mol. The van der Waals surface area contributed by atoms with Gasteiger partial charge in [0.25, 0.3) is 0 Å². The van der Waals surface area contributed by atoms with Gasteiger partial charge in [-0.05, 0) is 37.7 Å². The quantitative estimate of drug-likeness (QED) is 0.847. The Morgan fingerprint density at radius 2 is 2.24 bits per heavy atom. The van der Waals surface area contributed by atoms with Gasteiger partial charge in [0, 0.05) is 37.9 Å². The molecule has 3 fully saturated rings. The van der Waals surface area contributed by atoms with Crippen LogP contribution in [0.2, 0.25) is 0 Å². The van der Waals surface area contributed by atoms with E-state index in [1.165, 1.54) is 6.42 Å². The summed E-state index contributed by atoms with van der Waals surface area (Å²) in [6.07, 6.45) is 7.81. The summed E-state index contributed by atoms with van der Waals surface area (Å²) in [5, 5.41) is 12.8. The van der Waals surface area contributed by atoms with Crippen LogP contribution in [0.3, 0.4) is 0 Å². The summed E-state index contributed by atoms with van der Waals surface area (Å²) in [4.78, 5) is 14.8. The summed E-state index contributed by atoms with van der Waals surface area (Å²) >= 11 is 0. The van der Waals surface area contributed by atoms with Gasteiger partial charge in [-0.15, -0.1) is 10.2 Å². The molecule has 5 rings (SSSR count). The van der Waals surface area contributed by atoms with Crippen LogP contribution in [0, 0.1) is 5.92 Å². The molecule has 0 radical (unpaired) electrons. The highest BCUT2D eigenvalue weighted by Crippen LogP contribution is 2.51. The van der Waals surface area contributed by atoms with Crippen molar-refractivity contribution >= 4 is 5.91 Å². The lowest BCUT2D eigenvalue weighted by molar-refractivity contribution is -0.129. The van der Waals surface area contributed by atoms with Gasteiger partial charge in [0.15, 0.2) is 0 Å². The molecule has 7 nitrogen and oxygen atoms in total. The fourth-order valence-corrected chi connectivity index (χ4v) is 4.60. The third-order valence-electron chi connectivity index (χ3n) is 6.27. The Labute approximate surface area is 146 Å². The lowest BCUT2D eigenvalue weighted by Crippen LogP contribution is -2.35. The second kappa shape index (κ2) is 5.41. The van der Waals surface area contributed by atoms with E-state index in [9.17, 15) is 4.79 Å². The number of carbonyl (C=O) groups excluding carboxylic acids is 1. The van der Waals surface area contributed by atoms with Crippen LogP contribution >= 0.6 is 0 Å². The molecule has 2 aromatic rings. The lowest BCUT2D eigenvalue weighted by Gasteiger charge is -2.24. The smallest absolute Gasteiger partial charge is 0.228 e. The third kappa shape index (κ3) is 2.40. The van der Waals surface area contributed by atoms with Gasteiger partial charge in [-0.2, -0.15) is 5.10 Å². The zero-order chi connectivity index (χ0) is 17.0. The van der Waals surface area contributed by atoms with E-state index < -0.39 is 0 Å². The second-order valence-corrected chi connectivity index (χ2v) is 7.86. The molecule has 132 valence electrons. The van der Waals surface area contributed by atoms with Crippen molar-refractivity contribution in [2.45, 2.75) is 49.9 Å². The molecule has 2 atom stereocenters. The molecule has 1 amide bonds. The summed E-state index contributed by atoms with van der Waals surface area (Å²) in [7, 11) is 1.88. The molecule has 2 aliphatic carbocycles. The zero-order valence-corrected chi connectivity index (χ0v) is 14.5. The van der Waals surface area contributed by atoms with Crippen molar-refractivity contribution < 1.29 is 9.21 Å². The number of rotatable bonds is 4. The van der Waals surface area contributed by atoms with Crippen LogP contribution in [0.25, 0.3) is 0 Å². The molecule has 0 spiro atoms. The summed E-state index contributed by atoms with van der Waals surface area (Å²) in [6.45, 7) is 1.51. The van der Waals surface area contributed by atoms with E-state index >= 15 is 0 Å². The Balaban J connectivity index is 1.37. The number of aromatic nitrogens is 4. The molecule has 2 saturated carbocycles. The Hall–Kier alpha value is -2.18. The van der Waals surface area contributed by atoms with Crippen LogP contribution in [0.15, 0.2) is 16.7 Å². The molecule has 7 heteroatoms. The van der Waals surface area contributed by atoms with Gasteiger partial charge < -0.3 is 9.32 Å². The summed E-state index contributed by atoms with van der Waals surface area (Å²) < 4.78 is 7.84. The Bertz CT molecular complexity index is 808. The number of amides is 1. The van der Waals surface area contributed by atoms with Gasteiger partial charge in [-0.3, -0.25) is 9.48 Å². The van der Waals surface area contributed by atoms with Gasteiger partial charge in [0.1, 0.15) is 0 Å². The maximum atomic E-state index is 12.8. The van der Waals surface area contributed by atoms with Gasteiger partial charge in [0.05, 0.1) is 11.8 Å². The van der Waals surface area contributed by atoms with Crippen molar-refractivity contribution in [3.63, 3.8) is 0 Å². The van der Waals surface area contributed by atoms with E-state index in [-0.39, 0.29) is 11.3 Å². The van der Waals surface area contributed by atoms with Gasteiger partial charge >= 0.3 is 0 Å². The van der Waals surface area contributed by atoms with Crippen molar-refractivity contribution in [2.75, 3.05) is 13.1 Å². The highest BCUT2D eigenvalue weighted by atomic mass is 16.4. The van der Waals surface area contributed by atoms with Gasteiger partial charge in [-0.1, -0.05) is 6.42 Å². The molecule has 2 aromatic heterocycles. The summed E-state index contributed by atoms with van der Waals surface area (Å²) in [5.74, 6) is 2.65. The molecule has 0 N–H and O–H groups in total. The molecule has 1 saturated heterocycles. The Kier molecular flexibility index (Phi) is 3.27. The van der Waals surface area contributed by atoms with E-state index in [2.05, 4.69) is 15.3 Å². The third-order valence-corrected chi connectivity index (χ3v) is 6.27. The van der Waals surface area contributed by atoms with Crippen molar-refractivity contribution in [1.82, 2.24) is 24.9 Å². The number of hydrogen-bond donors (Lipinski definition) is 0. The van der Waals surface area contributed by atoms with Crippen LogP contribution in [0.4, 0.5) is 0 Å². The second-order valence-electron chi connectivity index (χ2n) is 7.86. The number of aryl methyl sites for hydroxylation is 1. The Morgan fingerprint density at radius 1 is 1.36 bits per heavy atom. The minimum Gasteiger partial charge on any atom is -0.424 e. The SMILES string of the molecule is Cn1nccc1CC(=O)N1C[C@@H]2CCC[C@]2(c2nnc(C3CC3)o2)C1. The molecule has 1 aliphatic heterocycles. The zero-order valence-electron chi connectivity index (χ0n) is 14.5. The minimum absolute atomic E-state index is 0.123. The maximum Gasteiger partial charge on any atom is 0.228 e. The van der Waals surface area contributed by atoms with Crippen molar-refractivity contribution in [3.8, 4) is 0 Å². The molecule has 25 heavy (non-hydrogen) atoms. The summed E-state index contributed by atoms with van der Waals surface area (Å²) in [5.41, 5.74) is 0.826. The van der Waals surface area contributed by atoms with E-state index in [4.69, 9.17) is 4.42 Å². The maximum absolute atomic E-state index is 12.8. The van der Waals surface area contributed by atoms with Gasteiger partial charge in [-0.25, -0.2) is 0 Å². The molecular formula is C18H23N5O2. The van der Waals surface area contributed by atoms with Crippen LogP contribution < -0.4 is 0 Å². The number of carbonyl (C=O) groups is 1. The highest BCUT2D eigenvalue weighted by Gasteiger charge is 2.55. The predicted molar refractivity (Wildman–Crippen MR) is 88.8 cm³/mol. The van der Waals surface area contributed by atoms with E-state index in [0.717, 1.165) is 49.7 Å². The predicted octanol–water partition coefficient (Wildman–Crippen LogP) is 1.80. The van der Waals surface area contributed by atoms with Crippen molar-refractivity contribution in [1.29, 1.82) is 0 Å². The van der Waals surface area contributed by atoms with E-state index in [1.807, 2.05) is 18.0 Å². The standard InChI is InChI=1S/C18H23N5O2/c1-22-14(6-8-19-22)9-15(24)23-10-13-3-2-7-18(13,11-23)17-21-20-16(25-17)12-4-5-12/h6,8,12-13H,2-5,7,9-11H2,1H3/t13-,18-/m0/s1. The number of hydrogen-bond acceptors (Lipinski definition) is 5. The molecule has 3 heterocycles. The van der Waals surface area contributed by atoms with Crippen LogP contribution in [0.1, 0.15) is 55.5 Å². The first-order valence-corrected chi connectivity index (χ1v) is 9.24. The average molecular weight is 341 g/mol. The first-order valence-electron chi connectivity index (χ1n) is 9.24. The Morgan fingerprint density at radius 3 is 3.00 bits per heavy atom. The fourth-order valence-electron chi connectivity index (χ4n) is 4.60. The van der Waals surface area contributed by atoms with Crippen LogP contribution in [0.5, 0.6) is 0 Å². The fraction of sp³-hybridized carbons (Fsp3) is 0.667. The van der Waals surface area contributed by atoms with Gasteiger partial charge in [0.2, 0.25) is 17.7 Å².